The minimum Gasteiger partial charge on any atom is -0.491 e. The summed E-state index contributed by atoms with van der Waals surface area (Å²) in [6.45, 7) is 3.98. The molecule has 25 heavy (non-hydrogen) atoms. The maximum Gasteiger partial charge on any atom is 0.262 e. The van der Waals surface area contributed by atoms with E-state index in [0.29, 0.717) is 0 Å². The quantitative estimate of drug-likeness (QED) is 0.850. The number of fused-ring (bicyclic) bond motifs is 1. The summed E-state index contributed by atoms with van der Waals surface area (Å²) in [5.74, 6) is 1.47. The third kappa shape index (κ3) is 4.75. The molecule has 132 valence electrons. The Bertz CT molecular complexity index is 722. The summed E-state index contributed by atoms with van der Waals surface area (Å²) in [7, 11) is 0. The van der Waals surface area contributed by atoms with Crippen molar-refractivity contribution in [3.8, 4) is 11.5 Å². The van der Waals surface area contributed by atoms with E-state index in [1.807, 2.05) is 50.2 Å². The lowest BCUT2D eigenvalue weighted by Crippen LogP contribution is -2.21. The zero-order valence-electron chi connectivity index (χ0n) is 14.9. The first-order valence-electron chi connectivity index (χ1n) is 8.92. The molecule has 3 rings (SSSR count). The van der Waals surface area contributed by atoms with Gasteiger partial charge in [0.05, 0.1) is 6.10 Å². The molecule has 2 aromatic carbocycles. The Morgan fingerprint density at radius 3 is 2.60 bits per heavy atom. The van der Waals surface area contributed by atoms with Crippen molar-refractivity contribution in [1.82, 2.24) is 0 Å². The number of anilines is 1. The fourth-order valence-corrected chi connectivity index (χ4v) is 3.11. The van der Waals surface area contributed by atoms with E-state index >= 15 is 0 Å². The second-order valence-electron chi connectivity index (χ2n) is 6.63. The van der Waals surface area contributed by atoms with Gasteiger partial charge in [-0.25, -0.2) is 0 Å². The van der Waals surface area contributed by atoms with Crippen LogP contribution in [0.4, 0.5) is 5.69 Å². The van der Waals surface area contributed by atoms with E-state index in [2.05, 4.69) is 11.4 Å². The van der Waals surface area contributed by atoms with E-state index < -0.39 is 0 Å². The number of amides is 1. The molecule has 0 heterocycles. The number of carbonyl (C=O) groups is 1. The molecule has 2 aromatic rings. The summed E-state index contributed by atoms with van der Waals surface area (Å²) in [4.78, 5) is 12.1. The van der Waals surface area contributed by atoms with E-state index in [9.17, 15) is 4.79 Å². The van der Waals surface area contributed by atoms with Gasteiger partial charge in [-0.15, -0.1) is 0 Å². The standard InChI is InChI=1S/C21H25NO3/c1-15(2)25-18-12-10-17(11-13-18)22-21(23)14-24-20-9-5-7-16-6-3-4-8-19(16)20/h5,7,9-13,15H,3-4,6,8,14H2,1-2H3,(H,22,23). The maximum absolute atomic E-state index is 12.1. The first-order valence-corrected chi connectivity index (χ1v) is 8.92. The Hall–Kier alpha value is -2.49. The van der Waals surface area contributed by atoms with Crippen molar-refractivity contribution in [2.24, 2.45) is 0 Å². The second-order valence-corrected chi connectivity index (χ2v) is 6.63. The van der Waals surface area contributed by atoms with Crippen LogP contribution in [-0.2, 0) is 17.6 Å². The Morgan fingerprint density at radius 1 is 1.08 bits per heavy atom. The van der Waals surface area contributed by atoms with Gasteiger partial charge >= 0.3 is 0 Å². The Morgan fingerprint density at radius 2 is 1.84 bits per heavy atom. The van der Waals surface area contributed by atoms with Gasteiger partial charge in [-0.05, 0) is 81.0 Å². The predicted molar refractivity (Wildman–Crippen MR) is 99.4 cm³/mol. The number of carbonyl (C=O) groups excluding carboxylic acids is 1. The van der Waals surface area contributed by atoms with E-state index in [1.165, 1.54) is 24.0 Å². The number of hydrogen-bond donors (Lipinski definition) is 1. The fourth-order valence-electron chi connectivity index (χ4n) is 3.11. The topological polar surface area (TPSA) is 47.6 Å². The fraction of sp³-hybridized carbons (Fsp3) is 0.381. The van der Waals surface area contributed by atoms with Gasteiger partial charge in [-0.1, -0.05) is 12.1 Å². The number of hydrogen-bond acceptors (Lipinski definition) is 3. The average Bonchev–Trinajstić information content (AvgIpc) is 2.61. The molecule has 0 spiro atoms. The molecular weight excluding hydrogens is 314 g/mol. The van der Waals surface area contributed by atoms with Crippen LogP contribution in [0.5, 0.6) is 11.5 Å². The van der Waals surface area contributed by atoms with Crippen LogP contribution in [0.1, 0.15) is 37.8 Å². The molecule has 1 aliphatic rings. The molecule has 0 unspecified atom stereocenters. The predicted octanol–water partition coefficient (Wildman–Crippen LogP) is 4.37. The van der Waals surface area contributed by atoms with Crippen LogP contribution in [0.2, 0.25) is 0 Å². The largest absolute Gasteiger partial charge is 0.491 e. The minimum atomic E-state index is -0.161. The van der Waals surface area contributed by atoms with Gasteiger partial charge in [-0.2, -0.15) is 0 Å². The summed E-state index contributed by atoms with van der Waals surface area (Å²) in [5.41, 5.74) is 3.35. The highest BCUT2D eigenvalue weighted by Crippen LogP contribution is 2.29. The van der Waals surface area contributed by atoms with Gasteiger partial charge in [0.1, 0.15) is 11.5 Å². The first-order chi connectivity index (χ1) is 12.1. The molecule has 0 aromatic heterocycles. The van der Waals surface area contributed by atoms with Crippen molar-refractivity contribution < 1.29 is 14.3 Å². The van der Waals surface area contributed by atoms with Gasteiger partial charge in [0, 0.05) is 5.69 Å². The normalized spacial score (nSPS) is 13.2. The van der Waals surface area contributed by atoms with Crippen LogP contribution in [-0.4, -0.2) is 18.6 Å². The van der Waals surface area contributed by atoms with Crippen LogP contribution >= 0.6 is 0 Å². The lowest BCUT2D eigenvalue weighted by molar-refractivity contribution is -0.118. The van der Waals surface area contributed by atoms with Crippen LogP contribution in [0, 0.1) is 0 Å². The summed E-state index contributed by atoms with van der Waals surface area (Å²) >= 11 is 0. The van der Waals surface area contributed by atoms with Crippen molar-refractivity contribution >= 4 is 11.6 Å². The molecule has 4 heteroatoms. The molecule has 0 saturated heterocycles. The van der Waals surface area contributed by atoms with Crippen molar-refractivity contribution in [1.29, 1.82) is 0 Å². The molecule has 4 nitrogen and oxygen atoms in total. The highest BCUT2D eigenvalue weighted by atomic mass is 16.5. The second kappa shape index (κ2) is 8.06. The van der Waals surface area contributed by atoms with Gasteiger partial charge in [-0.3, -0.25) is 4.79 Å². The molecule has 1 aliphatic carbocycles. The van der Waals surface area contributed by atoms with E-state index in [4.69, 9.17) is 9.47 Å². The highest BCUT2D eigenvalue weighted by Gasteiger charge is 2.14. The number of rotatable bonds is 6. The smallest absolute Gasteiger partial charge is 0.262 e. The third-order valence-electron chi connectivity index (χ3n) is 4.22. The van der Waals surface area contributed by atoms with Gasteiger partial charge < -0.3 is 14.8 Å². The Labute approximate surface area is 149 Å². The molecular formula is C21H25NO3. The van der Waals surface area contributed by atoms with Crippen molar-refractivity contribution in [3.63, 3.8) is 0 Å². The van der Waals surface area contributed by atoms with Crippen LogP contribution < -0.4 is 14.8 Å². The Kier molecular flexibility index (Phi) is 5.59. The maximum atomic E-state index is 12.1. The van der Waals surface area contributed by atoms with E-state index in [-0.39, 0.29) is 18.6 Å². The van der Waals surface area contributed by atoms with Gasteiger partial charge in [0.2, 0.25) is 0 Å². The van der Waals surface area contributed by atoms with Crippen molar-refractivity contribution in [2.45, 2.75) is 45.6 Å². The zero-order chi connectivity index (χ0) is 17.6. The molecule has 0 bridgehead atoms. The number of benzene rings is 2. The van der Waals surface area contributed by atoms with Crippen molar-refractivity contribution in [2.75, 3.05) is 11.9 Å². The zero-order valence-corrected chi connectivity index (χ0v) is 14.9. The SMILES string of the molecule is CC(C)Oc1ccc(NC(=O)COc2cccc3c2CCCC3)cc1. The number of nitrogens with one attached hydrogen (secondary N) is 1. The van der Waals surface area contributed by atoms with Gasteiger partial charge in [0.15, 0.2) is 6.61 Å². The van der Waals surface area contributed by atoms with Crippen LogP contribution in [0.25, 0.3) is 0 Å². The molecule has 0 saturated carbocycles. The molecule has 0 atom stereocenters. The first kappa shape index (κ1) is 17.3. The van der Waals surface area contributed by atoms with Crippen molar-refractivity contribution in [3.05, 3.63) is 53.6 Å². The number of ether oxygens (including phenoxy) is 2. The van der Waals surface area contributed by atoms with E-state index in [0.717, 1.165) is 30.0 Å². The van der Waals surface area contributed by atoms with E-state index in [1.54, 1.807) is 0 Å². The molecule has 0 aliphatic heterocycles. The van der Waals surface area contributed by atoms with Gasteiger partial charge in [0.25, 0.3) is 5.91 Å². The summed E-state index contributed by atoms with van der Waals surface area (Å²) < 4.78 is 11.4. The monoisotopic (exact) mass is 339 g/mol. The summed E-state index contributed by atoms with van der Waals surface area (Å²) in [6, 6.07) is 13.5. The molecule has 0 fully saturated rings. The summed E-state index contributed by atoms with van der Waals surface area (Å²) in [6.07, 6.45) is 4.68. The lowest BCUT2D eigenvalue weighted by Gasteiger charge is -2.19. The van der Waals surface area contributed by atoms with Crippen LogP contribution in [0.15, 0.2) is 42.5 Å². The molecule has 0 radical (unpaired) electrons. The lowest BCUT2D eigenvalue weighted by atomic mass is 9.91. The third-order valence-corrected chi connectivity index (χ3v) is 4.22. The summed E-state index contributed by atoms with van der Waals surface area (Å²) in [5, 5.41) is 2.85. The molecule has 1 amide bonds. The van der Waals surface area contributed by atoms with Crippen LogP contribution in [0.3, 0.4) is 0 Å². The molecule has 1 N–H and O–H groups in total. The average molecular weight is 339 g/mol. The minimum absolute atomic E-state index is 0.0146. The Balaban J connectivity index is 1.55. The number of aryl methyl sites for hydroxylation is 1. The highest BCUT2D eigenvalue weighted by molar-refractivity contribution is 5.91.